The van der Waals surface area contributed by atoms with Crippen LogP contribution in [-0.2, 0) is 4.74 Å². The van der Waals surface area contributed by atoms with E-state index in [4.69, 9.17) is 9.47 Å². The van der Waals surface area contributed by atoms with Crippen molar-refractivity contribution >= 4 is 22.0 Å². The number of amides is 1. The van der Waals surface area contributed by atoms with E-state index in [-0.39, 0.29) is 18.2 Å². The van der Waals surface area contributed by atoms with Gasteiger partial charge in [-0.3, -0.25) is 0 Å². The molecule has 0 saturated carbocycles. The Morgan fingerprint density at radius 2 is 2.10 bits per heavy atom. The normalized spacial score (nSPS) is 22.2. The number of carbonyl (C=O) groups is 1. The molecule has 0 N–H and O–H groups in total. The molecule has 0 spiro atoms. The van der Waals surface area contributed by atoms with Crippen LogP contribution in [0.25, 0.3) is 0 Å². The summed E-state index contributed by atoms with van der Waals surface area (Å²) in [7, 11) is 0. The van der Waals surface area contributed by atoms with E-state index in [2.05, 4.69) is 25.9 Å². The number of ether oxygens (including phenoxy) is 2. The van der Waals surface area contributed by atoms with Crippen molar-refractivity contribution in [3.05, 3.63) is 17.0 Å². The summed E-state index contributed by atoms with van der Waals surface area (Å²) in [5.41, 5.74) is -0.493. The molecule has 7 heteroatoms. The highest BCUT2D eigenvalue weighted by Gasteiger charge is 2.36. The first-order valence-corrected chi connectivity index (χ1v) is 7.68. The summed E-state index contributed by atoms with van der Waals surface area (Å²) in [6.45, 7) is 8.06. The van der Waals surface area contributed by atoms with Crippen LogP contribution in [0, 0.1) is 0 Å². The van der Waals surface area contributed by atoms with Crippen LogP contribution < -0.4 is 4.74 Å². The summed E-state index contributed by atoms with van der Waals surface area (Å²) >= 11 is 3.23. The molecule has 1 aliphatic heterocycles. The third-order valence-electron chi connectivity index (χ3n) is 3.05. The zero-order chi connectivity index (χ0) is 15.6. The second-order valence-corrected chi connectivity index (χ2v) is 6.95. The zero-order valence-electron chi connectivity index (χ0n) is 12.7. The predicted molar refractivity (Wildman–Crippen MR) is 81.2 cm³/mol. The molecule has 116 valence electrons. The number of rotatable bonds is 2. The third kappa shape index (κ3) is 4.56. The molecule has 1 fully saturated rings. The molecule has 1 aromatic rings. The average molecular weight is 358 g/mol. The van der Waals surface area contributed by atoms with Gasteiger partial charge in [-0.05, 0) is 43.6 Å². The van der Waals surface area contributed by atoms with Crippen LogP contribution in [0.4, 0.5) is 4.79 Å². The van der Waals surface area contributed by atoms with E-state index >= 15 is 0 Å². The maximum Gasteiger partial charge on any atom is 0.410 e. The SMILES string of the molecule is CC1CC(Oc2cnc(Br)cn2)CN1C(=O)OC(C)(C)C. The highest BCUT2D eigenvalue weighted by Crippen LogP contribution is 2.24. The first-order valence-electron chi connectivity index (χ1n) is 6.88. The van der Waals surface area contributed by atoms with Crippen LogP contribution in [0.5, 0.6) is 5.88 Å². The lowest BCUT2D eigenvalue weighted by atomic mass is 10.2. The lowest BCUT2D eigenvalue weighted by molar-refractivity contribution is 0.0223. The van der Waals surface area contributed by atoms with E-state index < -0.39 is 5.60 Å². The van der Waals surface area contributed by atoms with Crippen LogP contribution >= 0.6 is 15.9 Å². The smallest absolute Gasteiger partial charge is 0.410 e. The molecule has 2 heterocycles. The second kappa shape index (κ2) is 6.17. The zero-order valence-corrected chi connectivity index (χ0v) is 14.3. The summed E-state index contributed by atoms with van der Waals surface area (Å²) in [5, 5.41) is 0. The first-order chi connectivity index (χ1) is 9.74. The molecule has 1 saturated heterocycles. The van der Waals surface area contributed by atoms with E-state index in [1.165, 1.54) is 0 Å². The summed E-state index contributed by atoms with van der Waals surface area (Å²) < 4.78 is 11.8. The predicted octanol–water partition coefficient (Wildman–Crippen LogP) is 3.02. The van der Waals surface area contributed by atoms with Crippen molar-refractivity contribution in [1.82, 2.24) is 14.9 Å². The Morgan fingerprint density at radius 1 is 1.38 bits per heavy atom. The van der Waals surface area contributed by atoms with Gasteiger partial charge in [-0.2, -0.15) is 0 Å². The largest absolute Gasteiger partial charge is 0.471 e. The monoisotopic (exact) mass is 357 g/mol. The maximum absolute atomic E-state index is 12.1. The van der Waals surface area contributed by atoms with Crippen molar-refractivity contribution in [3.8, 4) is 5.88 Å². The van der Waals surface area contributed by atoms with E-state index in [0.29, 0.717) is 17.0 Å². The number of aromatic nitrogens is 2. The summed E-state index contributed by atoms with van der Waals surface area (Å²) in [6, 6.07) is 0.0771. The summed E-state index contributed by atoms with van der Waals surface area (Å²) in [5.74, 6) is 0.460. The van der Waals surface area contributed by atoms with E-state index in [9.17, 15) is 4.79 Å². The van der Waals surface area contributed by atoms with Crippen LogP contribution in [0.1, 0.15) is 34.1 Å². The van der Waals surface area contributed by atoms with Gasteiger partial charge in [0, 0.05) is 12.5 Å². The number of likely N-dealkylation sites (tertiary alicyclic amines) is 1. The molecule has 0 aromatic carbocycles. The van der Waals surface area contributed by atoms with Crippen molar-refractivity contribution < 1.29 is 14.3 Å². The minimum absolute atomic E-state index is 0.0771. The third-order valence-corrected chi connectivity index (χ3v) is 3.46. The Kier molecular flexibility index (Phi) is 4.70. The second-order valence-electron chi connectivity index (χ2n) is 6.13. The Balaban J connectivity index is 1.94. The Morgan fingerprint density at radius 3 is 2.67 bits per heavy atom. The Labute approximate surface area is 133 Å². The molecule has 0 bridgehead atoms. The number of nitrogens with zero attached hydrogens (tertiary/aromatic N) is 3. The molecule has 1 aromatic heterocycles. The highest BCUT2D eigenvalue weighted by atomic mass is 79.9. The topological polar surface area (TPSA) is 64.6 Å². The molecular formula is C14H20BrN3O3. The molecular weight excluding hydrogens is 338 g/mol. The highest BCUT2D eigenvalue weighted by molar-refractivity contribution is 9.10. The fourth-order valence-corrected chi connectivity index (χ4v) is 2.38. The molecule has 1 amide bonds. The van der Waals surface area contributed by atoms with Gasteiger partial charge in [0.2, 0.25) is 5.88 Å². The molecule has 0 aliphatic carbocycles. The molecule has 6 nitrogen and oxygen atoms in total. The van der Waals surface area contributed by atoms with Crippen molar-refractivity contribution in [3.63, 3.8) is 0 Å². The van der Waals surface area contributed by atoms with E-state index in [1.54, 1.807) is 17.3 Å². The Bertz CT molecular complexity index is 501. The number of hydrogen-bond donors (Lipinski definition) is 0. The molecule has 2 rings (SSSR count). The average Bonchev–Trinajstić information content (AvgIpc) is 2.71. The standard InChI is InChI=1S/C14H20BrN3O3/c1-9-5-10(20-12-7-16-11(15)6-17-12)8-18(9)13(19)21-14(2,3)4/h6-7,9-10H,5,8H2,1-4H3. The van der Waals surface area contributed by atoms with Gasteiger partial charge in [-0.1, -0.05) is 0 Å². The van der Waals surface area contributed by atoms with E-state index in [1.807, 2.05) is 27.7 Å². The van der Waals surface area contributed by atoms with Crippen LogP contribution in [0.2, 0.25) is 0 Å². The molecule has 0 radical (unpaired) electrons. The molecule has 1 aliphatic rings. The van der Waals surface area contributed by atoms with Gasteiger partial charge < -0.3 is 14.4 Å². The van der Waals surface area contributed by atoms with Gasteiger partial charge in [0.25, 0.3) is 0 Å². The van der Waals surface area contributed by atoms with Crippen LogP contribution in [0.15, 0.2) is 17.0 Å². The van der Waals surface area contributed by atoms with Gasteiger partial charge in [0.15, 0.2) is 0 Å². The first kappa shape index (κ1) is 16.0. The molecule has 2 atom stereocenters. The Hall–Kier alpha value is -1.37. The van der Waals surface area contributed by atoms with Crippen LogP contribution in [0.3, 0.4) is 0 Å². The summed E-state index contributed by atoms with van der Waals surface area (Å²) in [6.07, 6.45) is 3.49. The minimum atomic E-state index is -0.493. The fourth-order valence-electron chi connectivity index (χ4n) is 2.17. The number of carbonyl (C=O) groups excluding carboxylic acids is 1. The number of hydrogen-bond acceptors (Lipinski definition) is 5. The molecule has 2 unspecified atom stereocenters. The van der Waals surface area contributed by atoms with E-state index in [0.717, 1.165) is 6.42 Å². The van der Waals surface area contributed by atoms with Crippen LogP contribution in [-0.4, -0.2) is 45.3 Å². The van der Waals surface area contributed by atoms with Gasteiger partial charge in [0.1, 0.15) is 16.3 Å². The number of halogens is 1. The van der Waals surface area contributed by atoms with Crippen molar-refractivity contribution in [2.45, 2.75) is 51.9 Å². The van der Waals surface area contributed by atoms with Gasteiger partial charge in [0.05, 0.1) is 18.9 Å². The molecule has 21 heavy (non-hydrogen) atoms. The fraction of sp³-hybridized carbons (Fsp3) is 0.643. The van der Waals surface area contributed by atoms with Gasteiger partial charge in [-0.15, -0.1) is 0 Å². The van der Waals surface area contributed by atoms with Crippen molar-refractivity contribution in [2.75, 3.05) is 6.54 Å². The van der Waals surface area contributed by atoms with Gasteiger partial charge >= 0.3 is 6.09 Å². The summed E-state index contributed by atoms with van der Waals surface area (Å²) in [4.78, 5) is 22.0. The maximum atomic E-state index is 12.1. The van der Waals surface area contributed by atoms with Crippen molar-refractivity contribution in [1.29, 1.82) is 0 Å². The quantitative estimate of drug-likeness (QED) is 0.813. The minimum Gasteiger partial charge on any atom is -0.471 e. The van der Waals surface area contributed by atoms with Gasteiger partial charge in [-0.25, -0.2) is 14.8 Å². The van der Waals surface area contributed by atoms with Crippen molar-refractivity contribution in [2.24, 2.45) is 0 Å². The lowest BCUT2D eigenvalue weighted by Gasteiger charge is -2.26. The lowest BCUT2D eigenvalue weighted by Crippen LogP contribution is -2.39.